The number of fused-ring (bicyclic) bond motifs is 9. The van der Waals surface area contributed by atoms with Crippen LogP contribution in [-0.2, 0) is 28.4 Å². The van der Waals surface area contributed by atoms with E-state index in [9.17, 15) is 56.2 Å². The lowest BCUT2D eigenvalue weighted by Crippen LogP contribution is -2.67. The summed E-state index contributed by atoms with van der Waals surface area (Å²) in [5.41, 5.74) is 0.417. The van der Waals surface area contributed by atoms with E-state index in [1.54, 1.807) is 0 Å². The van der Waals surface area contributed by atoms with Gasteiger partial charge in [-0.1, -0.05) is 27.7 Å². The van der Waals surface area contributed by atoms with Gasteiger partial charge in [0.15, 0.2) is 18.9 Å². The zero-order chi connectivity index (χ0) is 45.0. The van der Waals surface area contributed by atoms with E-state index >= 15 is 0 Å². The number of hydrogen-bond donors (Lipinski definition) is 11. The molecule has 4 aliphatic carbocycles. The number of aliphatic hydroxyl groups is 11. The van der Waals surface area contributed by atoms with Crippen molar-refractivity contribution in [2.24, 2.45) is 52.3 Å². The summed E-state index contributed by atoms with van der Waals surface area (Å²) < 4.78 is 35.5. The van der Waals surface area contributed by atoms with Crippen LogP contribution in [-0.4, -0.2) is 204 Å². The van der Waals surface area contributed by atoms with Gasteiger partial charge in [-0.25, -0.2) is 0 Å². The van der Waals surface area contributed by atoms with Gasteiger partial charge in [0.05, 0.1) is 32.0 Å². The molecule has 5 aliphatic heterocycles. The van der Waals surface area contributed by atoms with Crippen molar-refractivity contribution in [3.63, 3.8) is 0 Å². The van der Waals surface area contributed by atoms with Gasteiger partial charge in [0.25, 0.3) is 0 Å². The standard InChI is InChI=1S/C45H75NO17/c1-18-11-26(50)31-19(2)30-25(46(31)14-18)13-24-22-6-5-20-12-21(7-9-44(20,3)23(22)8-10-45(24,30)4)58-41-38(57)36(55)39(29(17-49)61-41)62-43-40(35(54)33(52)28(16-48)60-43)63-42-37(56)34(53)32(51)27(15-47)59-42/h18-43,47-57H,5-17H2,1-4H3/t18-,19-,20+,21+,22+,23-,24-,25+,26+,27+,28+,29+,30+,31-,32+,33+,34-,35-,36+,37+,38+,39+,40+,41+,42-,43-,44-,45+/m1/s1. The Balaban J connectivity index is 0.843. The summed E-state index contributed by atoms with van der Waals surface area (Å²) in [4.78, 5) is 2.72. The molecule has 0 aromatic carbocycles. The Bertz CT molecular complexity index is 1580. The highest BCUT2D eigenvalue weighted by molar-refractivity contribution is 5.18. The highest BCUT2D eigenvalue weighted by Gasteiger charge is 2.68. The Hall–Kier alpha value is -0.720. The summed E-state index contributed by atoms with van der Waals surface area (Å²) in [7, 11) is 0. The van der Waals surface area contributed by atoms with Crippen molar-refractivity contribution in [1.29, 1.82) is 0 Å². The van der Waals surface area contributed by atoms with E-state index in [4.69, 9.17) is 28.4 Å². The van der Waals surface area contributed by atoms with Crippen molar-refractivity contribution < 1.29 is 84.6 Å². The molecule has 0 spiro atoms. The van der Waals surface area contributed by atoms with Crippen LogP contribution < -0.4 is 0 Å². The SMILES string of the molecule is C[C@@H]1C[C@H](O)[C@H]2[C@H](C)[C@H]3[C@H](C[C@@H]4[C@H]5CC[C@H]6C[C@@H](O[C@H]7O[C@@H](CO)[C@H](O[C@H]8O[C@@H](CO)[C@H](O)[C@@H](O)[C@@H]8O[C@H]8O[C@@H](CO)[C@H](O)[C@@H](O)[C@@H]8O)[C@@H](O)[C@@H]7O)CC[C@@]6(C)[C@@H]5CC[C@]34C)N2C1. The smallest absolute Gasteiger partial charge is 0.187 e. The minimum absolute atomic E-state index is 0.142. The minimum atomic E-state index is -1.89. The van der Waals surface area contributed by atoms with Crippen LogP contribution in [0.25, 0.3) is 0 Å². The molecule has 9 aliphatic rings. The molecule has 9 fully saturated rings. The van der Waals surface area contributed by atoms with Crippen molar-refractivity contribution in [1.82, 2.24) is 4.90 Å². The average molecular weight is 902 g/mol. The van der Waals surface area contributed by atoms with Crippen molar-refractivity contribution >= 4 is 0 Å². The largest absolute Gasteiger partial charge is 0.394 e. The molecule has 18 heteroatoms. The monoisotopic (exact) mass is 902 g/mol. The Morgan fingerprint density at radius 2 is 1.16 bits per heavy atom. The second-order valence-corrected chi connectivity index (χ2v) is 21.8. The fraction of sp³-hybridized carbons (Fsp3) is 1.00. The normalized spacial score (nSPS) is 58.3. The third kappa shape index (κ3) is 7.79. The van der Waals surface area contributed by atoms with Gasteiger partial charge in [-0.15, -0.1) is 0 Å². The first kappa shape index (κ1) is 47.4. The molecular weight excluding hydrogens is 826 g/mol. The third-order valence-corrected chi connectivity index (χ3v) is 18.6. The zero-order valence-electron chi connectivity index (χ0n) is 37.0. The van der Waals surface area contributed by atoms with Crippen LogP contribution in [0.2, 0.25) is 0 Å². The maximum absolute atomic E-state index is 11.5. The second kappa shape index (κ2) is 18.0. The summed E-state index contributed by atoms with van der Waals surface area (Å²) in [6.07, 6.45) is -15.8. The summed E-state index contributed by atoms with van der Waals surface area (Å²) in [5.74, 6) is 3.97. The van der Waals surface area contributed by atoms with Gasteiger partial charge < -0.3 is 84.6 Å². The number of aliphatic hydroxyl groups excluding tert-OH is 11. The molecule has 0 aromatic rings. The van der Waals surface area contributed by atoms with E-state index in [-0.39, 0.29) is 29.1 Å². The van der Waals surface area contributed by atoms with Gasteiger partial charge in [-0.2, -0.15) is 0 Å². The lowest BCUT2D eigenvalue weighted by atomic mass is 9.44. The van der Waals surface area contributed by atoms with Crippen LogP contribution in [0.4, 0.5) is 0 Å². The Morgan fingerprint density at radius 1 is 0.571 bits per heavy atom. The molecule has 4 saturated carbocycles. The fourth-order valence-corrected chi connectivity index (χ4v) is 15.6. The first-order valence-corrected chi connectivity index (χ1v) is 23.9. The topological polar surface area (TPSA) is 281 Å². The summed E-state index contributed by atoms with van der Waals surface area (Å²) in [6, 6.07) is 0.831. The number of nitrogens with zero attached hydrogens (tertiary/aromatic N) is 1. The van der Waals surface area contributed by atoms with Crippen LogP contribution in [0.1, 0.15) is 85.5 Å². The molecule has 0 aromatic heterocycles. The predicted octanol–water partition coefficient (Wildman–Crippen LogP) is -1.82. The van der Waals surface area contributed by atoms with Gasteiger partial charge >= 0.3 is 0 Å². The second-order valence-electron chi connectivity index (χ2n) is 21.8. The van der Waals surface area contributed by atoms with E-state index in [1.807, 2.05) is 0 Å². The van der Waals surface area contributed by atoms with Crippen LogP contribution in [0.3, 0.4) is 0 Å². The summed E-state index contributed by atoms with van der Waals surface area (Å²) in [6.45, 7) is 8.64. The number of rotatable bonds is 9. The van der Waals surface area contributed by atoms with E-state index in [0.29, 0.717) is 47.5 Å². The molecule has 362 valence electrons. The molecule has 5 saturated heterocycles. The highest BCUT2D eigenvalue weighted by atomic mass is 16.8. The first-order chi connectivity index (χ1) is 29.9. The average Bonchev–Trinajstić information content (AvgIpc) is 3.73. The molecule has 18 nitrogen and oxygen atoms in total. The van der Waals surface area contributed by atoms with Crippen LogP contribution in [0.5, 0.6) is 0 Å². The van der Waals surface area contributed by atoms with Gasteiger partial charge in [-0.05, 0) is 110 Å². The van der Waals surface area contributed by atoms with E-state index in [0.717, 1.165) is 38.6 Å². The van der Waals surface area contributed by atoms with Gasteiger partial charge in [0, 0.05) is 18.6 Å². The Kier molecular flexibility index (Phi) is 13.5. The molecule has 63 heavy (non-hydrogen) atoms. The van der Waals surface area contributed by atoms with Crippen LogP contribution in [0.15, 0.2) is 0 Å². The molecular formula is C45H75NO17. The van der Waals surface area contributed by atoms with Crippen molar-refractivity contribution in [3.8, 4) is 0 Å². The molecule has 28 atom stereocenters. The molecule has 0 amide bonds. The predicted molar refractivity (Wildman–Crippen MR) is 218 cm³/mol. The van der Waals surface area contributed by atoms with Gasteiger partial charge in [0.2, 0.25) is 0 Å². The van der Waals surface area contributed by atoms with E-state index < -0.39 is 112 Å². The maximum Gasteiger partial charge on any atom is 0.187 e. The fourth-order valence-electron chi connectivity index (χ4n) is 15.6. The molecule has 5 heterocycles. The van der Waals surface area contributed by atoms with Crippen LogP contribution >= 0.6 is 0 Å². The lowest BCUT2D eigenvalue weighted by Gasteiger charge is -2.61. The quantitative estimate of drug-likeness (QED) is 0.114. The Labute approximate surface area is 369 Å². The van der Waals surface area contributed by atoms with E-state index in [1.165, 1.54) is 25.7 Å². The number of piperidine rings is 1. The summed E-state index contributed by atoms with van der Waals surface area (Å²) >= 11 is 0. The maximum atomic E-state index is 11.5. The van der Waals surface area contributed by atoms with E-state index in [2.05, 4.69) is 32.6 Å². The number of ether oxygens (including phenoxy) is 6. The van der Waals surface area contributed by atoms with Gasteiger partial charge in [-0.3, -0.25) is 4.90 Å². The van der Waals surface area contributed by atoms with Crippen molar-refractivity contribution in [2.75, 3.05) is 26.4 Å². The van der Waals surface area contributed by atoms with Crippen molar-refractivity contribution in [3.05, 3.63) is 0 Å². The molecule has 11 N–H and O–H groups in total. The lowest BCUT2D eigenvalue weighted by molar-refractivity contribution is -0.390. The summed E-state index contributed by atoms with van der Waals surface area (Å²) in [5, 5.41) is 117. The Morgan fingerprint density at radius 3 is 1.86 bits per heavy atom. The van der Waals surface area contributed by atoms with Crippen LogP contribution in [0, 0.1) is 52.3 Å². The zero-order valence-corrected chi connectivity index (χ0v) is 37.0. The highest BCUT2D eigenvalue weighted by Crippen LogP contribution is 2.71. The van der Waals surface area contributed by atoms with Crippen molar-refractivity contribution in [2.45, 2.75) is 202 Å². The molecule has 9 rings (SSSR count). The molecule has 0 unspecified atom stereocenters. The minimum Gasteiger partial charge on any atom is -0.394 e. The van der Waals surface area contributed by atoms with Gasteiger partial charge in [0.1, 0.15) is 73.2 Å². The first-order valence-electron chi connectivity index (χ1n) is 23.9. The number of hydrogen-bond acceptors (Lipinski definition) is 18. The third-order valence-electron chi connectivity index (χ3n) is 18.6. The molecule has 0 bridgehead atoms. The molecule has 0 radical (unpaired) electrons.